The van der Waals surface area contributed by atoms with Crippen molar-refractivity contribution in [2.45, 2.75) is 117 Å². The first-order valence-corrected chi connectivity index (χ1v) is 19.7. The molecule has 50 heavy (non-hydrogen) atoms. The van der Waals surface area contributed by atoms with Crippen molar-refractivity contribution in [3.05, 3.63) is 53.3 Å². The molecule has 0 aliphatic carbocycles. The SMILES string of the molecule is CCCCCCCC/C=C\CCCCC[C@H](C(=O)N1CCN=C1Nc1ccc2[nH]cnc2c1Br)[C@@H](Cc1cncn1C)C(=O)OCCCCC. The van der Waals surface area contributed by atoms with Crippen molar-refractivity contribution < 1.29 is 14.3 Å². The number of imidazole rings is 2. The minimum Gasteiger partial charge on any atom is -0.465 e. The molecule has 0 fully saturated rings. The number of carbonyl (C=O) groups excluding carboxylic acids is 2. The van der Waals surface area contributed by atoms with Crippen LogP contribution in [-0.2, 0) is 27.8 Å². The number of amides is 1. The van der Waals surface area contributed by atoms with E-state index in [0.717, 1.165) is 78.3 Å². The standard InChI is InChI=1S/C39H58BrN7O3/c1-4-6-8-9-10-11-12-13-14-15-16-17-18-20-31(32(26-30-27-41-29-46(30)3)38(49)50-25-19-7-5-2)37(48)47-24-23-42-39(47)45-33-21-22-34-36(35(33)40)44-28-43-34/h13-14,21-22,27-29,31-32H,4-12,15-20,23-26H2,1-3H3,(H,42,45)(H,43,44)/b14-13-/t31-,32+/m0/s1. The number of aromatic nitrogens is 4. The number of hydrogen-bond acceptors (Lipinski definition) is 7. The smallest absolute Gasteiger partial charge is 0.310 e. The van der Waals surface area contributed by atoms with Gasteiger partial charge in [-0.25, -0.2) is 9.97 Å². The number of halogens is 1. The number of carbonyl (C=O) groups is 2. The Morgan fingerprint density at radius 3 is 2.44 bits per heavy atom. The minimum atomic E-state index is -0.634. The van der Waals surface area contributed by atoms with Gasteiger partial charge in [-0.15, -0.1) is 0 Å². The summed E-state index contributed by atoms with van der Waals surface area (Å²) in [5.41, 5.74) is 3.38. The molecule has 10 nitrogen and oxygen atoms in total. The number of anilines is 1. The van der Waals surface area contributed by atoms with E-state index >= 15 is 0 Å². The van der Waals surface area contributed by atoms with E-state index in [4.69, 9.17) is 4.74 Å². The number of unbranched alkanes of at least 4 members (excludes halogenated alkanes) is 11. The Balaban J connectivity index is 1.45. The van der Waals surface area contributed by atoms with Crippen molar-refractivity contribution >= 4 is 50.5 Å². The number of nitrogens with zero attached hydrogens (tertiary/aromatic N) is 5. The Morgan fingerprint density at radius 1 is 0.980 bits per heavy atom. The van der Waals surface area contributed by atoms with Crippen molar-refractivity contribution in [1.82, 2.24) is 24.4 Å². The van der Waals surface area contributed by atoms with Crippen molar-refractivity contribution in [3.8, 4) is 0 Å². The number of esters is 1. The van der Waals surface area contributed by atoms with Crippen LogP contribution in [0.3, 0.4) is 0 Å². The number of guanidine groups is 1. The summed E-state index contributed by atoms with van der Waals surface area (Å²) in [6, 6.07) is 3.88. The summed E-state index contributed by atoms with van der Waals surface area (Å²) in [5.74, 6) is -1.11. The highest BCUT2D eigenvalue weighted by Gasteiger charge is 2.39. The van der Waals surface area contributed by atoms with Crippen LogP contribution in [-0.4, -0.2) is 62.0 Å². The summed E-state index contributed by atoms with van der Waals surface area (Å²) >= 11 is 3.68. The van der Waals surface area contributed by atoms with Crippen LogP contribution in [0.2, 0.25) is 0 Å². The molecule has 1 aliphatic rings. The van der Waals surface area contributed by atoms with Crippen LogP contribution in [0.5, 0.6) is 0 Å². The summed E-state index contributed by atoms with van der Waals surface area (Å²) in [7, 11) is 1.92. The summed E-state index contributed by atoms with van der Waals surface area (Å²) in [4.78, 5) is 46.7. The number of aromatic amines is 1. The van der Waals surface area contributed by atoms with Crippen LogP contribution in [0.15, 0.2) is 52.6 Å². The number of benzene rings is 1. The lowest BCUT2D eigenvalue weighted by Gasteiger charge is -2.30. The average molecular weight is 753 g/mol. The molecule has 0 bridgehead atoms. The number of nitrogens with one attached hydrogen (secondary N) is 2. The quantitative estimate of drug-likeness (QED) is 0.0567. The van der Waals surface area contributed by atoms with Gasteiger partial charge >= 0.3 is 5.97 Å². The van der Waals surface area contributed by atoms with Gasteiger partial charge in [-0.05, 0) is 66.6 Å². The summed E-state index contributed by atoms with van der Waals surface area (Å²) in [5, 5.41) is 3.38. The number of allylic oxidation sites excluding steroid dienone is 2. The Bertz CT molecular complexity index is 1530. The monoisotopic (exact) mass is 751 g/mol. The topological polar surface area (TPSA) is 117 Å². The van der Waals surface area contributed by atoms with Crippen LogP contribution in [0, 0.1) is 11.8 Å². The largest absolute Gasteiger partial charge is 0.465 e. The van der Waals surface area contributed by atoms with Crippen LogP contribution < -0.4 is 5.32 Å². The molecule has 1 aromatic carbocycles. The highest BCUT2D eigenvalue weighted by Crippen LogP contribution is 2.32. The number of fused-ring (bicyclic) bond motifs is 1. The molecule has 0 radical (unpaired) electrons. The molecule has 0 saturated carbocycles. The zero-order valence-electron chi connectivity index (χ0n) is 30.5. The third-order valence-corrected chi connectivity index (χ3v) is 10.4. The van der Waals surface area contributed by atoms with Gasteiger partial charge < -0.3 is 19.6 Å². The Morgan fingerprint density at radius 2 is 1.70 bits per heavy atom. The number of hydrogen-bond donors (Lipinski definition) is 2. The summed E-state index contributed by atoms with van der Waals surface area (Å²) in [6.07, 6.45) is 26.6. The van der Waals surface area contributed by atoms with E-state index in [2.05, 4.69) is 67.2 Å². The molecule has 3 heterocycles. The molecule has 2 N–H and O–H groups in total. The molecule has 1 aliphatic heterocycles. The molecular weight excluding hydrogens is 694 g/mol. The second kappa shape index (κ2) is 21.7. The van der Waals surface area contributed by atoms with Crippen molar-refractivity contribution in [3.63, 3.8) is 0 Å². The maximum atomic E-state index is 14.6. The van der Waals surface area contributed by atoms with E-state index in [9.17, 15) is 9.59 Å². The molecule has 4 rings (SSSR count). The number of rotatable bonds is 23. The zero-order chi connectivity index (χ0) is 35.6. The number of aryl methyl sites for hydroxylation is 1. The van der Waals surface area contributed by atoms with Gasteiger partial charge in [0.15, 0.2) is 0 Å². The highest BCUT2D eigenvalue weighted by molar-refractivity contribution is 9.10. The maximum Gasteiger partial charge on any atom is 0.310 e. The highest BCUT2D eigenvalue weighted by atomic mass is 79.9. The molecule has 0 unspecified atom stereocenters. The predicted octanol–water partition coefficient (Wildman–Crippen LogP) is 9.13. The Kier molecular flexibility index (Phi) is 17.0. The van der Waals surface area contributed by atoms with Gasteiger partial charge in [-0.3, -0.25) is 19.5 Å². The van der Waals surface area contributed by atoms with Crippen molar-refractivity contribution in [2.75, 3.05) is 25.0 Å². The molecule has 3 aromatic rings. The van der Waals surface area contributed by atoms with E-state index in [1.54, 1.807) is 23.8 Å². The van der Waals surface area contributed by atoms with Crippen LogP contribution in [0.1, 0.15) is 116 Å². The van der Waals surface area contributed by atoms with Crippen LogP contribution in [0.4, 0.5) is 5.69 Å². The number of aliphatic imine (C=N–C) groups is 1. The van der Waals surface area contributed by atoms with Gasteiger partial charge in [0.05, 0.1) is 53.3 Å². The van der Waals surface area contributed by atoms with Crippen LogP contribution >= 0.6 is 15.9 Å². The molecule has 0 spiro atoms. The molecule has 11 heteroatoms. The first-order valence-electron chi connectivity index (χ1n) is 19.0. The maximum absolute atomic E-state index is 14.6. The zero-order valence-corrected chi connectivity index (χ0v) is 32.1. The van der Waals surface area contributed by atoms with E-state index in [-0.39, 0.29) is 11.9 Å². The number of H-pyrrole nitrogens is 1. The summed E-state index contributed by atoms with van der Waals surface area (Å²) < 4.78 is 8.58. The summed E-state index contributed by atoms with van der Waals surface area (Å²) in [6.45, 7) is 5.69. The molecule has 2 aromatic heterocycles. The lowest BCUT2D eigenvalue weighted by molar-refractivity contribution is -0.154. The van der Waals surface area contributed by atoms with Crippen molar-refractivity contribution in [1.29, 1.82) is 0 Å². The van der Waals surface area contributed by atoms with E-state index in [0.29, 0.717) is 38.5 Å². The second-order valence-corrected chi connectivity index (χ2v) is 14.3. The van der Waals surface area contributed by atoms with Gasteiger partial charge in [-0.2, -0.15) is 0 Å². The second-order valence-electron chi connectivity index (χ2n) is 13.5. The van der Waals surface area contributed by atoms with Crippen LogP contribution in [0.25, 0.3) is 11.0 Å². The predicted molar refractivity (Wildman–Crippen MR) is 206 cm³/mol. The van der Waals surface area contributed by atoms with Gasteiger partial charge in [-0.1, -0.05) is 83.8 Å². The van der Waals surface area contributed by atoms with Gasteiger partial charge in [0, 0.05) is 31.9 Å². The number of ether oxygens (including phenoxy) is 1. The minimum absolute atomic E-state index is 0.0952. The molecule has 2 atom stereocenters. The first-order chi connectivity index (χ1) is 24.4. The van der Waals surface area contributed by atoms with Gasteiger partial charge in [0.1, 0.15) is 5.52 Å². The average Bonchev–Trinajstić information content (AvgIpc) is 3.89. The fraction of sp³-hybridized carbons (Fsp3) is 0.615. The third kappa shape index (κ3) is 11.8. The molecular formula is C39H58BrN7O3. The van der Waals surface area contributed by atoms with E-state index in [1.807, 2.05) is 23.7 Å². The lowest BCUT2D eigenvalue weighted by atomic mass is 9.83. The normalized spacial score (nSPS) is 14.4. The van der Waals surface area contributed by atoms with Crippen molar-refractivity contribution in [2.24, 2.45) is 23.9 Å². The molecule has 0 saturated heterocycles. The Labute approximate surface area is 307 Å². The van der Waals surface area contributed by atoms with Gasteiger partial charge in [0.2, 0.25) is 11.9 Å². The fourth-order valence-corrected chi connectivity index (χ4v) is 7.11. The first kappa shape index (κ1) is 39.3. The lowest BCUT2D eigenvalue weighted by Crippen LogP contribution is -2.46. The van der Waals surface area contributed by atoms with E-state index < -0.39 is 11.8 Å². The Hall–Kier alpha value is -3.47. The molecule has 274 valence electrons. The third-order valence-electron chi connectivity index (χ3n) is 9.60. The molecule has 1 amide bonds. The fourth-order valence-electron chi connectivity index (χ4n) is 6.57. The van der Waals surface area contributed by atoms with E-state index in [1.165, 1.54) is 38.5 Å². The van der Waals surface area contributed by atoms with Gasteiger partial charge in [0.25, 0.3) is 0 Å².